The Morgan fingerprint density at radius 3 is 2.75 bits per heavy atom. The highest BCUT2D eigenvalue weighted by Gasteiger charge is 2.32. The Morgan fingerprint density at radius 2 is 2.42 bits per heavy atom. The lowest BCUT2D eigenvalue weighted by atomic mass is 10.4. The van der Waals surface area contributed by atoms with Crippen molar-refractivity contribution in [2.24, 2.45) is 0 Å². The van der Waals surface area contributed by atoms with Gasteiger partial charge in [-0.1, -0.05) is 6.92 Å². The van der Waals surface area contributed by atoms with Crippen LogP contribution in [0.25, 0.3) is 0 Å². The van der Waals surface area contributed by atoms with Crippen LogP contribution in [0.15, 0.2) is 12.4 Å². The minimum Gasteiger partial charge on any atom is -0.498 e. The normalized spacial score (nSPS) is 28.0. The van der Waals surface area contributed by atoms with Gasteiger partial charge in [-0.3, -0.25) is 0 Å². The summed E-state index contributed by atoms with van der Waals surface area (Å²) in [6.07, 6.45) is 3.29. The smallest absolute Gasteiger partial charge is 0.263 e. The van der Waals surface area contributed by atoms with Crippen LogP contribution in [0.4, 0.5) is 4.79 Å². The van der Waals surface area contributed by atoms with Gasteiger partial charge in [0.1, 0.15) is 6.20 Å². The Kier molecular flexibility index (Phi) is 2.38. The van der Waals surface area contributed by atoms with Gasteiger partial charge in [-0.15, -0.1) is 0 Å². The third kappa shape index (κ3) is 1.43. The average molecular weight is 170 g/mol. The Balaban J connectivity index is 2.76. The fourth-order valence-electron chi connectivity index (χ4n) is 1.49. The Labute approximate surface area is 72.3 Å². The van der Waals surface area contributed by atoms with E-state index in [1.807, 2.05) is 18.9 Å². The molecule has 4 heteroatoms. The van der Waals surface area contributed by atoms with E-state index in [1.165, 1.54) is 0 Å². The van der Waals surface area contributed by atoms with Crippen molar-refractivity contribution >= 4 is 6.09 Å². The molecule has 1 unspecified atom stereocenters. The molecule has 0 aromatic heterocycles. The van der Waals surface area contributed by atoms with Gasteiger partial charge in [-0.25, -0.2) is 4.48 Å². The summed E-state index contributed by atoms with van der Waals surface area (Å²) in [6.45, 7) is 3.05. The van der Waals surface area contributed by atoms with Crippen molar-refractivity contribution in [1.82, 2.24) is 4.90 Å². The van der Waals surface area contributed by atoms with Crippen LogP contribution < -0.4 is 5.11 Å². The van der Waals surface area contributed by atoms with Crippen LogP contribution in [0.1, 0.15) is 13.3 Å². The lowest BCUT2D eigenvalue weighted by Crippen LogP contribution is -2.55. The number of nitrogens with zero attached hydrogens (tertiary/aromatic N) is 2. The molecule has 0 saturated heterocycles. The highest BCUT2D eigenvalue weighted by atomic mass is 16.4. The van der Waals surface area contributed by atoms with Gasteiger partial charge in [0.05, 0.1) is 12.7 Å². The van der Waals surface area contributed by atoms with E-state index in [4.69, 9.17) is 0 Å². The molecular formula is C8H14N2O2. The summed E-state index contributed by atoms with van der Waals surface area (Å²) in [5.74, 6) is 0. The summed E-state index contributed by atoms with van der Waals surface area (Å²) in [7, 11) is 1.86. The first-order valence-electron chi connectivity index (χ1n) is 4.08. The van der Waals surface area contributed by atoms with Crippen LogP contribution in [-0.2, 0) is 0 Å². The molecule has 0 spiro atoms. The highest BCUT2D eigenvalue weighted by Crippen LogP contribution is 2.16. The average Bonchev–Trinajstić information content (AvgIpc) is 2.34. The van der Waals surface area contributed by atoms with E-state index in [1.54, 1.807) is 12.4 Å². The molecule has 1 aliphatic heterocycles. The predicted octanol–water partition coefficient (Wildman–Crippen LogP) is -0.0694. The maximum absolute atomic E-state index is 10.8. The SMILES string of the molecule is CCC[N+]1(C(=O)[O-])C=CN(C)C1. The van der Waals surface area contributed by atoms with Gasteiger partial charge in [0.2, 0.25) is 0 Å². The largest absolute Gasteiger partial charge is 0.498 e. The fourth-order valence-corrected chi connectivity index (χ4v) is 1.49. The summed E-state index contributed by atoms with van der Waals surface area (Å²) < 4.78 is -0.0625. The Bertz CT molecular complexity index is 215. The van der Waals surface area contributed by atoms with Crippen LogP contribution in [0, 0.1) is 0 Å². The molecule has 1 atom stereocenters. The molecule has 0 aliphatic carbocycles. The third-order valence-corrected chi connectivity index (χ3v) is 2.07. The van der Waals surface area contributed by atoms with Crippen LogP contribution in [-0.4, -0.2) is 35.7 Å². The zero-order chi connectivity index (χ0) is 9.19. The van der Waals surface area contributed by atoms with Crippen molar-refractivity contribution in [1.29, 1.82) is 0 Å². The second kappa shape index (κ2) is 3.15. The summed E-state index contributed by atoms with van der Waals surface area (Å²) in [4.78, 5) is 12.7. The molecule has 68 valence electrons. The number of hydrogen-bond acceptors (Lipinski definition) is 3. The van der Waals surface area contributed by atoms with Crippen LogP contribution in [0.5, 0.6) is 0 Å². The van der Waals surface area contributed by atoms with E-state index in [0.717, 1.165) is 6.42 Å². The lowest BCUT2D eigenvalue weighted by molar-refractivity contribution is -0.829. The number of amides is 1. The zero-order valence-electron chi connectivity index (χ0n) is 7.49. The van der Waals surface area contributed by atoms with E-state index in [-0.39, 0.29) is 4.48 Å². The second-order valence-electron chi connectivity index (χ2n) is 3.22. The van der Waals surface area contributed by atoms with E-state index in [0.29, 0.717) is 13.2 Å². The van der Waals surface area contributed by atoms with Crippen molar-refractivity contribution in [3.05, 3.63) is 12.4 Å². The van der Waals surface area contributed by atoms with Crippen molar-refractivity contribution in [2.45, 2.75) is 13.3 Å². The molecule has 4 nitrogen and oxygen atoms in total. The second-order valence-corrected chi connectivity index (χ2v) is 3.22. The Hall–Kier alpha value is -1.03. The predicted molar refractivity (Wildman–Crippen MR) is 42.6 cm³/mol. The summed E-state index contributed by atoms with van der Waals surface area (Å²) in [6, 6.07) is 0. The first-order valence-corrected chi connectivity index (χ1v) is 4.08. The molecule has 1 aliphatic rings. The van der Waals surface area contributed by atoms with E-state index < -0.39 is 6.09 Å². The molecule has 0 radical (unpaired) electrons. The van der Waals surface area contributed by atoms with Gasteiger partial charge < -0.3 is 14.8 Å². The van der Waals surface area contributed by atoms with Gasteiger partial charge in [-0.05, 0) is 6.42 Å². The van der Waals surface area contributed by atoms with Crippen molar-refractivity contribution < 1.29 is 14.4 Å². The number of quaternary nitrogens is 1. The van der Waals surface area contributed by atoms with Gasteiger partial charge in [-0.2, -0.15) is 0 Å². The summed E-state index contributed by atoms with van der Waals surface area (Å²) in [5, 5.41) is 10.8. The molecule has 12 heavy (non-hydrogen) atoms. The van der Waals surface area contributed by atoms with E-state index in [9.17, 15) is 9.90 Å². The topological polar surface area (TPSA) is 43.4 Å². The summed E-state index contributed by atoms with van der Waals surface area (Å²) >= 11 is 0. The lowest BCUT2D eigenvalue weighted by Gasteiger charge is -2.31. The zero-order valence-corrected chi connectivity index (χ0v) is 7.49. The molecule has 1 heterocycles. The highest BCUT2D eigenvalue weighted by molar-refractivity contribution is 5.55. The quantitative estimate of drug-likeness (QED) is 0.545. The van der Waals surface area contributed by atoms with Crippen molar-refractivity contribution in [2.75, 3.05) is 20.3 Å². The van der Waals surface area contributed by atoms with Crippen LogP contribution >= 0.6 is 0 Å². The minimum absolute atomic E-state index is 0.0625. The molecule has 0 aromatic carbocycles. The molecule has 0 bridgehead atoms. The molecule has 0 N–H and O–H groups in total. The molecule has 0 fully saturated rings. The first-order chi connectivity index (χ1) is 5.60. The van der Waals surface area contributed by atoms with Crippen molar-refractivity contribution in [3.63, 3.8) is 0 Å². The molecule has 1 amide bonds. The molecule has 0 saturated carbocycles. The number of carbonyl (C=O) groups excluding carboxylic acids is 1. The van der Waals surface area contributed by atoms with Gasteiger partial charge in [0.25, 0.3) is 6.09 Å². The monoisotopic (exact) mass is 170 g/mol. The molecule has 1 rings (SSSR count). The number of rotatable bonds is 2. The maximum Gasteiger partial charge on any atom is 0.263 e. The van der Waals surface area contributed by atoms with Crippen LogP contribution in [0.3, 0.4) is 0 Å². The third-order valence-electron chi connectivity index (χ3n) is 2.07. The standard InChI is InChI=1S/C8H14N2O2/c1-3-5-10(8(11)12)6-4-9(2)7-10/h4,6H,3,5,7H2,1-2H3. The van der Waals surface area contributed by atoms with Crippen LogP contribution in [0.2, 0.25) is 0 Å². The number of carbonyl (C=O) groups is 1. The first kappa shape index (κ1) is 9.06. The number of hydrogen-bond donors (Lipinski definition) is 0. The van der Waals surface area contributed by atoms with E-state index in [2.05, 4.69) is 0 Å². The van der Waals surface area contributed by atoms with Gasteiger partial charge >= 0.3 is 0 Å². The summed E-state index contributed by atoms with van der Waals surface area (Å²) in [5.41, 5.74) is 0. The number of carboxylic acid groups (broad SMARTS) is 1. The van der Waals surface area contributed by atoms with E-state index >= 15 is 0 Å². The van der Waals surface area contributed by atoms with Crippen molar-refractivity contribution in [3.8, 4) is 0 Å². The van der Waals surface area contributed by atoms with Gasteiger partial charge in [0, 0.05) is 7.05 Å². The maximum atomic E-state index is 10.8. The molecular weight excluding hydrogens is 156 g/mol. The minimum atomic E-state index is -1.02. The fraction of sp³-hybridized carbons (Fsp3) is 0.625. The van der Waals surface area contributed by atoms with Gasteiger partial charge in [0.15, 0.2) is 6.67 Å². The molecule has 0 aromatic rings. The Morgan fingerprint density at radius 1 is 1.75 bits per heavy atom.